The summed E-state index contributed by atoms with van der Waals surface area (Å²) in [6.45, 7) is 1.77. The molecule has 3 heterocycles. The van der Waals surface area contributed by atoms with Gasteiger partial charge in [0, 0.05) is 23.2 Å². The number of nitrogens with one attached hydrogen (secondary N) is 2. The Labute approximate surface area is 143 Å². The highest BCUT2D eigenvalue weighted by molar-refractivity contribution is 7.09. The highest BCUT2D eigenvalue weighted by Gasteiger charge is 2.19. The lowest BCUT2D eigenvalue weighted by atomic mass is 10.1. The summed E-state index contributed by atoms with van der Waals surface area (Å²) in [5, 5.41) is 4.93. The van der Waals surface area contributed by atoms with E-state index >= 15 is 0 Å². The number of amides is 1. The van der Waals surface area contributed by atoms with Gasteiger partial charge in [-0.3, -0.25) is 14.6 Å². The number of thiophene rings is 1. The minimum absolute atomic E-state index is 0.104. The first kappa shape index (κ1) is 16.1. The van der Waals surface area contributed by atoms with Crippen LogP contribution in [-0.4, -0.2) is 15.9 Å². The number of aryl methyl sites for hydroxylation is 1. The van der Waals surface area contributed by atoms with Crippen molar-refractivity contribution in [2.24, 2.45) is 0 Å². The maximum absolute atomic E-state index is 12.5. The van der Waals surface area contributed by atoms with Gasteiger partial charge in [0.1, 0.15) is 5.56 Å². The van der Waals surface area contributed by atoms with Gasteiger partial charge in [-0.15, -0.1) is 11.3 Å². The molecule has 2 N–H and O–H groups in total. The Morgan fingerprint density at radius 2 is 2.12 bits per heavy atom. The van der Waals surface area contributed by atoms with E-state index in [-0.39, 0.29) is 17.2 Å². The van der Waals surface area contributed by atoms with E-state index in [0.717, 1.165) is 16.3 Å². The summed E-state index contributed by atoms with van der Waals surface area (Å²) < 4.78 is 0. The Hall–Kier alpha value is -2.73. The molecule has 0 unspecified atom stereocenters. The van der Waals surface area contributed by atoms with Crippen LogP contribution in [-0.2, 0) is 6.42 Å². The summed E-state index contributed by atoms with van der Waals surface area (Å²) >= 11 is 1.63. The summed E-state index contributed by atoms with van der Waals surface area (Å²) in [6, 6.07) is 12.5. The van der Waals surface area contributed by atoms with Crippen molar-refractivity contribution in [2.45, 2.75) is 19.4 Å². The Balaban J connectivity index is 1.86. The van der Waals surface area contributed by atoms with E-state index in [0.29, 0.717) is 6.42 Å². The predicted molar refractivity (Wildman–Crippen MR) is 94.3 cm³/mol. The van der Waals surface area contributed by atoms with Crippen LogP contribution < -0.4 is 10.9 Å². The van der Waals surface area contributed by atoms with Gasteiger partial charge in [-0.1, -0.05) is 12.1 Å². The number of hydrogen-bond acceptors (Lipinski definition) is 4. The quantitative estimate of drug-likeness (QED) is 0.750. The van der Waals surface area contributed by atoms with E-state index in [1.807, 2.05) is 35.7 Å². The fraction of sp³-hybridized carbons (Fsp3) is 0.167. The van der Waals surface area contributed by atoms with Crippen LogP contribution in [0.5, 0.6) is 0 Å². The van der Waals surface area contributed by atoms with Crippen molar-refractivity contribution in [3.05, 3.63) is 86.2 Å². The fourth-order valence-corrected chi connectivity index (χ4v) is 3.18. The van der Waals surface area contributed by atoms with Gasteiger partial charge in [-0.2, -0.15) is 0 Å². The van der Waals surface area contributed by atoms with Crippen LogP contribution in [0.2, 0.25) is 0 Å². The maximum atomic E-state index is 12.5. The molecule has 3 aromatic rings. The number of hydrogen-bond donors (Lipinski definition) is 2. The monoisotopic (exact) mass is 339 g/mol. The van der Waals surface area contributed by atoms with Crippen LogP contribution >= 0.6 is 11.3 Å². The van der Waals surface area contributed by atoms with Gasteiger partial charge in [0.2, 0.25) is 0 Å². The second-order valence-corrected chi connectivity index (χ2v) is 6.48. The number of pyridine rings is 2. The molecular weight excluding hydrogens is 322 g/mol. The first-order valence-electron chi connectivity index (χ1n) is 7.57. The number of nitrogens with zero attached hydrogens (tertiary/aromatic N) is 1. The standard InChI is InChI=1S/C18H17N3O2S/c1-12-7-8-14(17(22)20-12)18(23)21-16(11-13-5-4-10-24-13)15-6-2-3-9-19-15/h2-10,16H,11H2,1H3,(H,20,22)(H,21,23)/t16-/m0/s1. The van der Waals surface area contributed by atoms with Gasteiger partial charge in [-0.05, 0) is 42.6 Å². The molecule has 0 saturated carbocycles. The number of carbonyl (C=O) groups is 1. The second kappa shape index (κ2) is 7.23. The number of rotatable bonds is 5. The summed E-state index contributed by atoms with van der Waals surface area (Å²) in [5.41, 5.74) is 1.20. The molecule has 1 amide bonds. The third kappa shape index (κ3) is 3.78. The van der Waals surface area contributed by atoms with Crippen molar-refractivity contribution in [2.75, 3.05) is 0 Å². The van der Waals surface area contributed by atoms with Crippen molar-refractivity contribution in [3.63, 3.8) is 0 Å². The van der Waals surface area contributed by atoms with Crippen LogP contribution in [0.15, 0.2) is 58.8 Å². The van der Waals surface area contributed by atoms with Gasteiger partial charge < -0.3 is 10.3 Å². The van der Waals surface area contributed by atoms with Crippen molar-refractivity contribution in [3.8, 4) is 0 Å². The molecule has 0 radical (unpaired) electrons. The Kier molecular flexibility index (Phi) is 4.86. The lowest BCUT2D eigenvalue weighted by molar-refractivity contribution is 0.0934. The molecule has 6 heteroatoms. The van der Waals surface area contributed by atoms with Crippen molar-refractivity contribution in [1.82, 2.24) is 15.3 Å². The number of H-pyrrole nitrogens is 1. The van der Waals surface area contributed by atoms with E-state index in [9.17, 15) is 9.59 Å². The smallest absolute Gasteiger partial charge is 0.260 e. The minimum atomic E-state index is -0.400. The summed E-state index contributed by atoms with van der Waals surface area (Å²) in [7, 11) is 0. The van der Waals surface area contributed by atoms with Crippen LogP contribution in [0.4, 0.5) is 0 Å². The predicted octanol–water partition coefficient (Wildman–Crippen LogP) is 2.85. The maximum Gasteiger partial charge on any atom is 0.260 e. The Bertz CT molecular complexity index is 873. The van der Waals surface area contributed by atoms with Gasteiger partial charge >= 0.3 is 0 Å². The lowest BCUT2D eigenvalue weighted by Gasteiger charge is -2.17. The number of aromatic amines is 1. The van der Waals surface area contributed by atoms with Crippen LogP contribution in [0.1, 0.15) is 32.7 Å². The van der Waals surface area contributed by atoms with E-state index in [1.165, 1.54) is 0 Å². The van der Waals surface area contributed by atoms with E-state index < -0.39 is 5.91 Å². The molecule has 122 valence electrons. The molecule has 0 aliphatic heterocycles. The molecule has 0 bridgehead atoms. The third-order valence-electron chi connectivity index (χ3n) is 3.64. The Morgan fingerprint density at radius 3 is 2.79 bits per heavy atom. The molecule has 0 fully saturated rings. The van der Waals surface area contributed by atoms with E-state index in [1.54, 1.807) is 36.6 Å². The molecule has 1 atom stereocenters. The highest BCUT2D eigenvalue weighted by atomic mass is 32.1. The molecule has 0 aliphatic rings. The second-order valence-electron chi connectivity index (χ2n) is 5.45. The molecule has 0 aromatic carbocycles. The third-order valence-corrected chi connectivity index (χ3v) is 4.53. The molecule has 0 aliphatic carbocycles. The Morgan fingerprint density at radius 1 is 1.25 bits per heavy atom. The normalized spacial score (nSPS) is 11.9. The van der Waals surface area contributed by atoms with Crippen molar-refractivity contribution < 1.29 is 4.79 Å². The van der Waals surface area contributed by atoms with Crippen LogP contribution in [0, 0.1) is 6.92 Å². The first-order chi connectivity index (χ1) is 11.6. The lowest BCUT2D eigenvalue weighted by Crippen LogP contribution is -2.34. The van der Waals surface area contributed by atoms with Gasteiger partial charge in [-0.25, -0.2) is 0 Å². The molecule has 24 heavy (non-hydrogen) atoms. The molecule has 0 spiro atoms. The zero-order chi connectivity index (χ0) is 16.9. The molecule has 3 aromatic heterocycles. The van der Waals surface area contributed by atoms with E-state index in [4.69, 9.17) is 0 Å². The minimum Gasteiger partial charge on any atom is -0.343 e. The summed E-state index contributed by atoms with van der Waals surface area (Å²) in [6.07, 6.45) is 2.33. The zero-order valence-corrected chi connectivity index (χ0v) is 14.0. The highest BCUT2D eigenvalue weighted by Crippen LogP contribution is 2.20. The van der Waals surface area contributed by atoms with Crippen molar-refractivity contribution in [1.29, 1.82) is 0 Å². The number of carbonyl (C=O) groups excluding carboxylic acids is 1. The zero-order valence-electron chi connectivity index (χ0n) is 13.2. The average molecular weight is 339 g/mol. The van der Waals surface area contributed by atoms with Crippen molar-refractivity contribution >= 4 is 17.2 Å². The van der Waals surface area contributed by atoms with Gasteiger partial charge in [0.05, 0.1) is 11.7 Å². The molecule has 5 nitrogen and oxygen atoms in total. The average Bonchev–Trinajstić information content (AvgIpc) is 3.08. The summed E-state index contributed by atoms with van der Waals surface area (Å²) in [4.78, 5) is 32.7. The molecular formula is C18H17N3O2S. The first-order valence-corrected chi connectivity index (χ1v) is 8.45. The molecule has 3 rings (SSSR count). The summed E-state index contributed by atoms with van der Waals surface area (Å²) in [5.74, 6) is -0.400. The van der Waals surface area contributed by atoms with Crippen LogP contribution in [0.25, 0.3) is 0 Å². The topological polar surface area (TPSA) is 74.8 Å². The SMILES string of the molecule is Cc1ccc(C(=O)N[C@@H](Cc2cccs2)c2ccccn2)c(=O)[nH]1. The molecule has 0 saturated heterocycles. The largest absolute Gasteiger partial charge is 0.343 e. The van der Waals surface area contributed by atoms with Crippen LogP contribution in [0.3, 0.4) is 0 Å². The van der Waals surface area contributed by atoms with Gasteiger partial charge in [0.15, 0.2) is 0 Å². The fourth-order valence-electron chi connectivity index (χ4n) is 2.43. The van der Waals surface area contributed by atoms with E-state index in [2.05, 4.69) is 15.3 Å². The number of aromatic nitrogens is 2. The van der Waals surface area contributed by atoms with Gasteiger partial charge in [0.25, 0.3) is 11.5 Å².